The Hall–Kier alpha value is -2.40. The predicted molar refractivity (Wildman–Crippen MR) is 197 cm³/mol. The van der Waals surface area contributed by atoms with Gasteiger partial charge in [0.15, 0.2) is 0 Å². The standard InChI is InChI=1S/C44H63NO4/c1-10-49-39(47)32-25-30(32)26-45-44-22-17-31(27(2)3)37(44)34-15-16-36-41(6)20-18-33(28-11-13-29(14-12-28)38(46)48-9)40(4,5)35(41)19-21-43(36,8)42(34,7)23-24-44/h11-14,18,30-32,34-37,45H,2,10,15-17,19-26H2,1,3-9H3/t30?,31-,32?,34+,35-,36+,37+,41-,42+,43+,44-/m0/s1. The first-order valence-electron chi connectivity index (χ1n) is 19.6. The Bertz CT molecular complexity index is 1530. The normalized spacial score (nSPS) is 43.2. The number of carbonyl (C=O) groups excluding carboxylic acids is 2. The fourth-order valence-electron chi connectivity index (χ4n) is 13.8. The van der Waals surface area contributed by atoms with Gasteiger partial charge in [0.05, 0.1) is 25.2 Å². The smallest absolute Gasteiger partial charge is 0.337 e. The van der Waals surface area contributed by atoms with Crippen molar-refractivity contribution in [2.45, 2.75) is 118 Å². The summed E-state index contributed by atoms with van der Waals surface area (Å²) in [6.45, 7) is 23.3. The maximum absolute atomic E-state index is 12.5. The number of methoxy groups -OCH3 is 1. The van der Waals surface area contributed by atoms with Gasteiger partial charge in [0.1, 0.15) is 0 Å². The van der Waals surface area contributed by atoms with E-state index in [-0.39, 0.29) is 34.2 Å². The molecule has 0 amide bonds. The number of hydrogen-bond acceptors (Lipinski definition) is 5. The van der Waals surface area contributed by atoms with Crippen molar-refractivity contribution in [3.63, 3.8) is 0 Å². The molecule has 0 aromatic heterocycles. The molecule has 0 heterocycles. The molecule has 1 aromatic rings. The van der Waals surface area contributed by atoms with Crippen molar-refractivity contribution in [1.82, 2.24) is 5.32 Å². The van der Waals surface area contributed by atoms with Crippen molar-refractivity contribution in [3.05, 3.63) is 53.6 Å². The molecule has 5 saturated carbocycles. The largest absolute Gasteiger partial charge is 0.466 e. The van der Waals surface area contributed by atoms with Crippen LogP contribution in [0.25, 0.3) is 5.57 Å². The van der Waals surface area contributed by atoms with Crippen LogP contribution in [0.1, 0.15) is 129 Å². The van der Waals surface area contributed by atoms with Crippen molar-refractivity contribution < 1.29 is 19.1 Å². The molecule has 5 fully saturated rings. The quantitative estimate of drug-likeness (QED) is 0.221. The monoisotopic (exact) mass is 669 g/mol. The molecule has 268 valence electrons. The Morgan fingerprint density at radius 1 is 0.898 bits per heavy atom. The summed E-state index contributed by atoms with van der Waals surface area (Å²) in [5.74, 6) is 3.44. The van der Waals surface area contributed by atoms with Gasteiger partial charge >= 0.3 is 11.9 Å². The first-order valence-corrected chi connectivity index (χ1v) is 19.6. The minimum absolute atomic E-state index is 0.00507. The van der Waals surface area contributed by atoms with Gasteiger partial charge < -0.3 is 14.8 Å². The molecule has 1 N–H and O–H groups in total. The molecule has 5 heteroatoms. The number of nitrogens with one attached hydrogen (secondary N) is 1. The summed E-state index contributed by atoms with van der Waals surface area (Å²) >= 11 is 0. The Morgan fingerprint density at radius 3 is 2.31 bits per heavy atom. The van der Waals surface area contributed by atoms with Crippen molar-refractivity contribution >= 4 is 17.5 Å². The van der Waals surface area contributed by atoms with E-state index in [4.69, 9.17) is 9.47 Å². The lowest BCUT2D eigenvalue weighted by Crippen LogP contribution is -2.68. The minimum Gasteiger partial charge on any atom is -0.466 e. The van der Waals surface area contributed by atoms with Crippen molar-refractivity contribution in [3.8, 4) is 0 Å². The van der Waals surface area contributed by atoms with E-state index in [1.807, 2.05) is 19.1 Å². The molecule has 49 heavy (non-hydrogen) atoms. The number of fused-ring (bicyclic) bond motifs is 7. The summed E-state index contributed by atoms with van der Waals surface area (Å²) in [7, 11) is 1.44. The molecule has 0 bridgehead atoms. The second-order valence-corrected chi connectivity index (χ2v) is 18.7. The molecule has 7 rings (SSSR count). The molecule has 5 nitrogen and oxygen atoms in total. The minimum atomic E-state index is -0.278. The molecule has 6 aliphatic rings. The SMILES string of the molecule is C=C(C)[C@@H]1CC[C@]2(NCC3CC3C(=O)OCC)CC[C@]3(C)[C@H](CC[C@@H]4[C@@]5(C)CC=C(c6ccc(C(=O)OC)cc6)C(C)(C)[C@@H]5CC[C@]43C)[C@@H]12. The number of ether oxygens (including phenoxy) is 2. The van der Waals surface area contributed by atoms with Crippen molar-refractivity contribution in [1.29, 1.82) is 0 Å². The molecule has 11 atom stereocenters. The van der Waals surface area contributed by atoms with Crippen LogP contribution >= 0.6 is 0 Å². The summed E-state index contributed by atoms with van der Waals surface area (Å²) in [5, 5.41) is 4.22. The molecule has 0 saturated heterocycles. The highest BCUT2D eigenvalue weighted by atomic mass is 16.5. The van der Waals surface area contributed by atoms with Gasteiger partial charge in [-0.05, 0) is 165 Å². The second-order valence-electron chi connectivity index (χ2n) is 18.7. The van der Waals surface area contributed by atoms with Crippen LogP contribution in [0.15, 0.2) is 42.5 Å². The second kappa shape index (κ2) is 12.1. The third-order valence-electron chi connectivity index (χ3n) is 16.5. The number of benzene rings is 1. The van der Waals surface area contributed by atoms with Crippen LogP contribution in [0.5, 0.6) is 0 Å². The number of esters is 2. The Morgan fingerprint density at radius 2 is 1.63 bits per heavy atom. The molecule has 0 spiro atoms. The third kappa shape index (κ3) is 5.16. The van der Waals surface area contributed by atoms with E-state index < -0.39 is 0 Å². The Kier molecular flexibility index (Phi) is 8.64. The van der Waals surface area contributed by atoms with E-state index in [1.165, 1.54) is 75.2 Å². The topological polar surface area (TPSA) is 64.6 Å². The number of hydrogen-bond donors (Lipinski definition) is 1. The zero-order valence-corrected chi connectivity index (χ0v) is 31.8. The van der Waals surface area contributed by atoms with E-state index in [2.05, 4.69) is 71.6 Å². The summed E-state index contributed by atoms with van der Waals surface area (Å²) in [6.07, 6.45) is 14.9. The van der Waals surface area contributed by atoms with Crippen LogP contribution in [0.4, 0.5) is 0 Å². The van der Waals surface area contributed by atoms with Gasteiger partial charge in [0.2, 0.25) is 0 Å². The molecule has 6 aliphatic carbocycles. The van der Waals surface area contributed by atoms with Gasteiger partial charge in [0.25, 0.3) is 0 Å². The summed E-state index contributed by atoms with van der Waals surface area (Å²) < 4.78 is 10.3. The van der Waals surface area contributed by atoms with E-state index >= 15 is 0 Å². The summed E-state index contributed by atoms with van der Waals surface area (Å²) in [6, 6.07) is 8.11. The lowest BCUT2D eigenvalue weighted by Gasteiger charge is -2.72. The maximum Gasteiger partial charge on any atom is 0.337 e. The van der Waals surface area contributed by atoms with Gasteiger partial charge in [-0.25, -0.2) is 4.79 Å². The molecule has 1 aromatic carbocycles. The Balaban J connectivity index is 1.16. The summed E-state index contributed by atoms with van der Waals surface area (Å²) in [5.41, 5.74) is 5.73. The third-order valence-corrected chi connectivity index (χ3v) is 16.5. The van der Waals surface area contributed by atoms with Crippen LogP contribution < -0.4 is 5.32 Å². The highest BCUT2D eigenvalue weighted by Gasteiger charge is 2.70. The van der Waals surface area contributed by atoms with E-state index in [9.17, 15) is 9.59 Å². The highest BCUT2D eigenvalue weighted by Crippen LogP contribution is 2.76. The van der Waals surface area contributed by atoms with Crippen molar-refractivity contribution in [2.24, 2.45) is 63.1 Å². The van der Waals surface area contributed by atoms with E-state index in [0.717, 1.165) is 19.4 Å². The highest BCUT2D eigenvalue weighted by molar-refractivity contribution is 5.90. The first-order chi connectivity index (χ1) is 23.2. The van der Waals surface area contributed by atoms with Gasteiger partial charge in [0, 0.05) is 5.54 Å². The Labute approximate surface area is 296 Å². The zero-order chi connectivity index (χ0) is 35.1. The fourth-order valence-corrected chi connectivity index (χ4v) is 13.8. The van der Waals surface area contributed by atoms with E-state index in [1.54, 1.807) is 0 Å². The van der Waals surface area contributed by atoms with E-state index in [0.29, 0.717) is 58.5 Å². The molecule has 0 radical (unpaired) electrons. The van der Waals surface area contributed by atoms with Crippen LogP contribution in [0.2, 0.25) is 0 Å². The van der Waals surface area contributed by atoms with Crippen LogP contribution in [0.3, 0.4) is 0 Å². The molecular weight excluding hydrogens is 606 g/mol. The number of carbonyl (C=O) groups is 2. The van der Waals surface area contributed by atoms with Crippen molar-refractivity contribution in [2.75, 3.05) is 20.3 Å². The van der Waals surface area contributed by atoms with Gasteiger partial charge in [-0.3, -0.25) is 4.79 Å². The summed E-state index contributed by atoms with van der Waals surface area (Å²) in [4.78, 5) is 24.6. The molecule has 2 unspecified atom stereocenters. The number of allylic oxidation sites excluding steroid dienone is 3. The molecule has 0 aliphatic heterocycles. The lowest BCUT2D eigenvalue weighted by atomic mass is 9.33. The van der Waals surface area contributed by atoms with Crippen LogP contribution in [-0.2, 0) is 14.3 Å². The predicted octanol–water partition coefficient (Wildman–Crippen LogP) is 9.67. The lowest BCUT2D eigenvalue weighted by molar-refractivity contribution is -0.219. The maximum atomic E-state index is 12.5. The zero-order valence-electron chi connectivity index (χ0n) is 31.8. The van der Waals surface area contributed by atoms with Crippen LogP contribution in [0, 0.1) is 63.1 Å². The first kappa shape index (κ1) is 35.0. The van der Waals surface area contributed by atoms with Gasteiger partial charge in [-0.15, -0.1) is 0 Å². The number of rotatable bonds is 8. The van der Waals surface area contributed by atoms with Gasteiger partial charge in [-0.1, -0.05) is 65.0 Å². The fraction of sp³-hybridized carbons (Fsp3) is 0.727. The average Bonchev–Trinajstić information content (AvgIpc) is 3.75. The van der Waals surface area contributed by atoms with Gasteiger partial charge in [-0.2, -0.15) is 0 Å². The van der Waals surface area contributed by atoms with Crippen LogP contribution in [-0.4, -0.2) is 37.7 Å². The molecular formula is C44H63NO4. The average molecular weight is 670 g/mol.